The third-order valence-electron chi connectivity index (χ3n) is 3.49. The molecule has 112 valence electrons. The van der Waals surface area contributed by atoms with Crippen molar-refractivity contribution < 1.29 is 23.0 Å². The number of rotatable bonds is 5. The third kappa shape index (κ3) is 3.47. The van der Waals surface area contributed by atoms with Gasteiger partial charge in [-0.05, 0) is 12.8 Å². The van der Waals surface area contributed by atoms with Crippen molar-refractivity contribution in [2.24, 2.45) is 5.92 Å². The Morgan fingerprint density at radius 3 is 2.75 bits per heavy atom. The fraction of sp³-hybridized carbons (Fsp3) is 0.538. The molecule has 1 aliphatic carbocycles. The van der Waals surface area contributed by atoms with Gasteiger partial charge in [0.2, 0.25) is 0 Å². The zero-order valence-corrected chi connectivity index (χ0v) is 10.8. The fourth-order valence-corrected chi connectivity index (χ4v) is 2.40. The predicted molar refractivity (Wildman–Crippen MR) is 69.3 cm³/mol. The molecule has 2 unspecified atom stereocenters. The van der Waals surface area contributed by atoms with E-state index in [1.807, 2.05) is 0 Å². The SMILES string of the molecule is Nc1cc(F)c(OC(F)F)cc1NCC1CCCC1O. The highest BCUT2D eigenvalue weighted by Crippen LogP contribution is 2.31. The number of nitrogen functional groups attached to an aromatic ring is 1. The van der Waals surface area contributed by atoms with Gasteiger partial charge in [-0.15, -0.1) is 0 Å². The van der Waals surface area contributed by atoms with Crippen LogP contribution in [-0.2, 0) is 0 Å². The zero-order valence-electron chi connectivity index (χ0n) is 10.8. The van der Waals surface area contributed by atoms with Crippen molar-refractivity contribution in [3.05, 3.63) is 17.9 Å². The summed E-state index contributed by atoms with van der Waals surface area (Å²) < 4.78 is 41.8. The minimum atomic E-state index is -3.10. The summed E-state index contributed by atoms with van der Waals surface area (Å²) in [5.41, 5.74) is 6.06. The predicted octanol–water partition coefficient (Wildman–Crippen LogP) is 2.58. The molecule has 0 spiro atoms. The highest BCUT2D eigenvalue weighted by Gasteiger charge is 2.25. The average Bonchev–Trinajstić information content (AvgIpc) is 2.76. The Bertz CT molecular complexity index is 471. The molecule has 20 heavy (non-hydrogen) atoms. The van der Waals surface area contributed by atoms with E-state index in [0.717, 1.165) is 31.4 Å². The second-order valence-electron chi connectivity index (χ2n) is 4.89. The molecule has 4 nitrogen and oxygen atoms in total. The summed E-state index contributed by atoms with van der Waals surface area (Å²) in [6.07, 6.45) is 2.22. The Balaban J connectivity index is 2.06. The summed E-state index contributed by atoms with van der Waals surface area (Å²) in [6, 6.07) is 2.04. The maximum atomic E-state index is 13.4. The fourth-order valence-electron chi connectivity index (χ4n) is 2.40. The molecular weight excluding hydrogens is 273 g/mol. The average molecular weight is 290 g/mol. The molecule has 1 aromatic rings. The van der Waals surface area contributed by atoms with E-state index in [0.29, 0.717) is 12.2 Å². The normalized spacial score (nSPS) is 22.2. The first-order chi connectivity index (χ1) is 9.47. The lowest BCUT2D eigenvalue weighted by molar-refractivity contribution is -0.0521. The van der Waals surface area contributed by atoms with Gasteiger partial charge in [-0.25, -0.2) is 4.39 Å². The van der Waals surface area contributed by atoms with Crippen LogP contribution in [0.3, 0.4) is 0 Å². The summed E-state index contributed by atoms with van der Waals surface area (Å²) in [5.74, 6) is -1.41. The van der Waals surface area contributed by atoms with Crippen LogP contribution < -0.4 is 15.8 Å². The summed E-state index contributed by atoms with van der Waals surface area (Å²) in [7, 11) is 0. The van der Waals surface area contributed by atoms with Crippen molar-refractivity contribution in [3.8, 4) is 5.75 Å². The number of alkyl halides is 2. The lowest BCUT2D eigenvalue weighted by Crippen LogP contribution is -2.22. The Hall–Kier alpha value is -1.63. The van der Waals surface area contributed by atoms with Crippen LogP contribution in [0.15, 0.2) is 12.1 Å². The highest BCUT2D eigenvalue weighted by atomic mass is 19.3. The molecule has 0 amide bonds. The van der Waals surface area contributed by atoms with E-state index in [-0.39, 0.29) is 17.7 Å². The first kappa shape index (κ1) is 14.8. The highest BCUT2D eigenvalue weighted by molar-refractivity contribution is 5.68. The summed E-state index contributed by atoms with van der Waals surface area (Å²) in [5, 5.41) is 12.6. The standard InChI is InChI=1S/C13H17F3N2O2/c14-8-4-9(17)10(5-12(8)20-13(15)16)18-6-7-2-1-3-11(7)19/h4-5,7,11,13,18-19H,1-3,6,17H2. The third-order valence-corrected chi connectivity index (χ3v) is 3.49. The summed E-state index contributed by atoms with van der Waals surface area (Å²) in [6.45, 7) is -2.65. The van der Waals surface area contributed by atoms with Gasteiger partial charge in [0.1, 0.15) is 0 Å². The molecule has 4 N–H and O–H groups in total. The number of nitrogens with one attached hydrogen (secondary N) is 1. The maximum absolute atomic E-state index is 13.4. The zero-order chi connectivity index (χ0) is 14.7. The largest absolute Gasteiger partial charge is 0.432 e. The van der Waals surface area contributed by atoms with E-state index in [4.69, 9.17) is 5.73 Å². The number of anilines is 2. The first-order valence-corrected chi connectivity index (χ1v) is 6.43. The minimum Gasteiger partial charge on any atom is -0.432 e. The number of aliphatic hydroxyl groups excluding tert-OH is 1. The summed E-state index contributed by atoms with van der Waals surface area (Å²) in [4.78, 5) is 0. The van der Waals surface area contributed by atoms with Crippen LogP contribution in [0.5, 0.6) is 5.75 Å². The van der Waals surface area contributed by atoms with Crippen LogP contribution in [0, 0.1) is 11.7 Å². The number of halogens is 3. The van der Waals surface area contributed by atoms with Gasteiger partial charge in [0.25, 0.3) is 0 Å². The maximum Gasteiger partial charge on any atom is 0.387 e. The van der Waals surface area contributed by atoms with Gasteiger partial charge in [-0.3, -0.25) is 0 Å². The van der Waals surface area contributed by atoms with Gasteiger partial charge in [0, 0.05) is 24.6 Å². The van der Waals surface area contributed by atoms with Crippen LogP contribution in [0.1, 0.15) is 19.3 Å². The molecule has 0 heterocycles. The van der Waals surface area contributed by atoms with Crippen molar-refractivity contribution in [2.45, 2.75) is 32.0 Å². The molecule has 1 saturated carbocycles. The Morgan fingerprint density at radius 1 is 1.40 bits per heavy atom. The molecule has 0 radical (unpaired) electrons. The van der Waals surface area contributed by atoms with E-state index >= 15 is 0 Å². The number of hydrogen-bond acceptors (Lipinski definition) is 4. The number of aliphatic hydroxyl groups is 1. The number of hydrogen-bond donors (Lipinski definition) is 3. The summed E-state index contributed by atoms with van der Waals surface area (Å²) >= 11 is 0. The molecule has 2 rings (SSSR count). The van der Waals surface area contributed by atoms with Gasteiger partial charge < -0.3 is 20.9 Å². The Kier molecular flexibility index (Phi) is 4.59. The second kappa shape index (κ2) is 6.21. The van der Waals surface area contributed by atoms with Crippen LogP contribution in [0.4, 0.5) is 24.5 Å². The topological polar surface area (TPSA) is 67.5 Å². The van der Waals surface area contributed by atoms with Crippen LogP contribution >= 0.6 is 0 Å². The molecule has 0 aromatic heterocycles. The van der Waals surface area contributed by atoms with Crippen molar-refractivity contribution in [1.82, 2.24) is 0 Å². The van der Waals surface area contributed by atoms with Crippen molar-refractivity contribution >= 4 is 11.4 Å². The monoisotopic (exact) mass is 290 g/mol. The molecule has 1 fully saturated rings. The van der Waals surface area contributed by atoms with E-state index in [1.165, 1.54) is 0 Å². The van der Waals surface area contributed by atoms with Crippen molar-refractivity contribution in [2.75, 3.05) is 17.6 Å². The van der Waals surface area contributed by atoms with Crippen molar-refractivity contribution in [1.29, 1.82) is 0 Å². The first-order valence-electron chi connectivity index (χ1n) is 6.43. The van der Waals surface area contributed by atoms with Crippen LogP contribution in [0.2, 0.25) is 0 Å². The second-order valence-corrected chi connectivity index (χ2v) is 4.89. The van der Waals surface area contributed by atoms with E-state index in [9.17, 15) is 18.3 Å². The number of nitrogens with two attached hydrogens (primary N) is 1. The molecular formula is C13H17F3N2O2. The van der Waals surface area contributed by atoms with E-state index < -0.39 is 18.2 Å². The van der Waals surface area contributed by atoms with Crippen molar-refractivity contribution in [3.63, 3.8) is 0 Å². The van der Waals surface area contributed by atoms with E-state index in [1.54, 1.807) is 0 Å². The Morgan fingerprint density at radius 2 is 2.15 bits per heavy atom. The molecule has 7 heteroatoms. The minimum absolute atomic E-state index is 0.0823. The van der Waals surface area contributed by atoms with Gasteiger partial charge in [0.15, 0.2) is 11.6 Å². The smallest absolute Gasteiger partial charge is 0.387 e. The van der Waals surface area contributed by atoms with Gasteiger partial charge in [0.05, 0.1) is 17.5 Å². The quantitative estimate of drug-likeness (QED) is 0.729. The molecule has 0 aliphatic heterocycles. The van der Waals surface area contributed by atoms with Crippen LogP contribution in [0.25, 0.3) is 0 Å². The van der Waals surface area contributed by atoms with Gasteiger partial charge >= 0.3 is 6.61 Å². The molecule has 1 aliphatic rings. The number of benzene rings is 1. The molecule has 0 bridgehead atoms. The van der Waals surface area contributed by atoms with Crippen LogP contribution in [-0.4, -0.2) is 24.4 Å². The number of ether oxygens (including phenoxy) is 1. The molecule has 0 saturated heterocycles. The lowest BCUT2D eigenvalue weighted by Gasteiger charge is -2.18. The molecule has 2 atom stereocenters. The Labute approximate surface area is 114 Å². The van der Waals surface area contributed by atoms with Gasteiger partial charge in [-0.1, -0.05) is 6.42 Å². The van der Waals surface area contributed by atoms with Gasteiger partial charge in [-0.2, -0.15) is 8.78 Å². The lowest BCUT2D eigenvalue weighted by atomic mass is 10.1. The molecule has 1 aromatic carbocycles. The van der Waals surface area contributed by atoms with E-state index in [2.05, 4.69) is 10.1 Å².